The molecule has 0 spiro atoms. The van der Waals surface area contributed by atoms with Crippen molar-refractivity contribution in [1.82, 2.24) is 0 Å². The van der Waals surface area contributed by atoms with Gasteiger partial charge in [-0.05, 0) is 34.5 Å². The number of hydrogen-bond acceptors (Lipinski definition) is 2. The standard InChI is InChI=1S/C10H9BrFNO2/c1-2-6-10(14)13-9-7(15-6)4-3-5(11)8(9)12/h3-4,6H,2H2,1H3,(H,13,14). The minimum absolute atomic E-state index is 0.110. The Morgan fingerprint density at radius 2 is 2.33 bits per heavy atom. The molecular weight excluding hydrogens is 265 g/mol. The summed E-state index contributed by atoms with van der Waals surface area (Å²) in [6.45, 7) is 1.84. The van der Waals surface area contributed by atoms with E-state index in [9.17, 15) is 9.18 Å². The second kappa shape index (κ2) is 3.81. The average Bonchev–Trinajstić information content (AvgIpc) is 2.24. The summed E-state index contributed by atoms with van der Waals surface area (Å²) in [6, 6.07) is 3.18. The lowest BCUT2D eigenvalue weighted by Crippen LogP contribution is -2.36. The normalized spacial score (nSPS) is 19.1. The third-order valence-corrected chi connectivity index (χ3v) is 2.85. The Morgan fingerprint density at radius 3 is 3.00 bits per heavy atom. The van der Waals surface area contributed by atoms with Gasteiger partial charge in [-0.25, -0.2) is 4.39 Å². The van der Waals surface area contributed by atoms with Crippen LogP contribution in [0.3, 0.4) is 0 Å². The van der Waals surface area contributed by atoms with E-state index in [4.69, 9.17) is 4.74 Å². The van der Waals surface area contributed by atoms with Crippen molar-refractivity contribution in [2.75, 3.05) is 5.32 Å². The first kappa shape index (κ1) is 10.4. The van der Waals surface area contributed by atoms with Crippen molar-refractivity contribution in [1.29, 1.82) is 0 Å². The van der Waals surface area contributed by atoms with Crippen LogP contribution >= 0.6 is 15.9 Å². The highest BCUT2D eigenvalue weighted by Gasteiger charge is 2.28. The number of halogens is 2. The van der Waals surface area contributed by atoms with E-state index in [1.807, 2.05) is 6.92 Å². The van der Waals surface area contributed by atoms with Gasteiger partial charge in [-0.1, -0.05) is 6.92 Å². The fraction of sp³-hybridized carbons (Fsp3) is 0.300. The second-order valence-electron chi connectivity index (χ2n) is 3.24. The number of carbonyl (C=O) groups excluding carboxylic acids is 1. The maximum atomic E-state index is 13.5. The number of fused-ring (bicyclic) bond motifs is 1. The highest BCUT2D eigenvalue weighted by molar-refractivity contribution is 9.10. The third kappa shape index (κ3) is 1.71. The molecule has 0 saturated carbocycles. The fourth-order valence-corrected chi connectivity index (χ4v) is 1.76. The molecular formula is C10H9BrFNO2. The molecule has 1 unspecified atom stereocenters. The van der Waals surface area contributed by atoms with Gasteiger partial charge in [0.1, 0.15) is 11.4 Å². The number of hydrogen-bond donors (Lipinski definition) is 1. The molecule has 1 N–H and O–H groups in total. The molecule has 0 radical (unpaired) electrons. The Kier molecular flexibility index (Phi) is 2.65. The fourth-order valence-electron chi connectivity index (χ4n) is 1.43. The summed E-state index contributed by atoms with van der Waals surface area (Å²) >= 11 is 3.04. The van der Waals surface area contributed by atoms with Crippen LogP contribution in [0.4, 0.5) is 10.1 Å². The Bertz CT molecular complexity index is 422. The summed E-state index contributed by atoms with van der Waals surface area (Å²) in [5.41, 5.74) is 0.110. The van der Waals surface area contributed by atoms with Gasteiger partial charge in [0.25, 0.3) is 5.91 Å². The van der Waals surface area contributed by atoms with Crippen LogP contribution < -0.4 is 10.1 Å². The van der Waals surface area contributed by atoms with E-state index >= 15 is 0 Å². The van der Waals surface area contributed by atoms with Gasteiger partial charge in [0.15, 0.2) is 11.9 Å². The molecule has 2 rings (SSSR count). The van der Waals surface area contributed by atoms with Gasteiger partial charge in [0.05, 0.1) is 4.47 Å². The Labute approximate surface area is 94.7 Å². The molecule has 1 aromatic carbocycles. The van der Waals surface area contributed by atoms with Crippen LogP contribution in [-0.2, 0) is 4.79 Å². The number of ether oxygens (including phenoxy) is 1. The minimum Gasteiger partial charge on any atom is -0.478 e. The smallest absolute Gasteiger partial charge is 0.265 e. The topological polar surface area (TPSA) is 38.3 Å². The van der Waals surface area contributed by atoms with Crippen molar-refractivity contribution in [2.24, 2.45) is 0 Å². The highest BCUT2D eigenvalue weighted by atomic mass is 79.9. The number of carbonyl (C=O) groups is 1. The van der Waals surface area contributed by atoms with E-state index in [1.54, 1.807) is 12.1 Å². The second-order valence-corrected chi connectivity index (χ2v) is 4.09. The Balaban J connectivity index is 2.45. The van der Waals surface area contributed by atoms with E-state index in [1.165, 1.54) is 0 Å². The number of amides is 1. The predicted molar refractivity (Wildman–Crippen MR) is 57.4 cm³/mol. The van der Waals surface area contributed by atoms with E-state index in [0.29, 0.717) is 16.6 Å². The van der Waals surface area contributed by atoms with Crippen molar-refractivity contribution in [2.45, 2.75) is 19.4 Å². The summed E-state index contributed by atoms with van der Waals surface area (Å²) in [5.74, 6) is -0.431. The molecule has 1 aromatic rings. The van der Waals surface area contributed by atoms with E-state index in [0.717, 1.165) is 0 Å². The van der Waals surface area contributed by atoms with Crippen molar-refractivity contribution in [3.8, 4) is 5.75 Å². The van der Waals surface area contributed by atoms with Crippen LogP contribution in [0.5, 0.6) is 5.75 Å². The number of benzene rings is 1. The molecule has 1 amide bonds. The Morgan fingerprint density at radius 1 is 1.60 bits per heavy atom. The van der Waals surface area contributed by atoms with Gasteiger partial charge < -0.3 is 10.1 Å². The molecule has 1 atom stereocenters. The lowest BCUT2D eigenvalue weighted by atomic mass is 10.2. The molecule has 80 valence electrons. The summed E-state index contributed by atoms with van der Waals surface area (Å²) in [6.07, 6.45) is 0.0289. The molecule has 3 nitrogen and oxygen atoms in total. The van der Waals surface area contributed by atoms with Gasteiger partial charge in [-0.3, -0.25) is 4.79 Å². The van der Waals surface area contributed by atoms with Crippen molar-refractivity contribution in [3.63, 3.8) is 0 Å². The van der Waals surface area contributed by atoms with Crippen LogP contribution in [0.25, 0.3) is 0 Å². The molecule has 0 aliphatic carbocycles. The zero-order valence-corrected chi connectivity index (χ0v) is 9.60. The van der Waals surface area contributed by atoms with Crippen LogP contribution in [0.15, 0.2) is 16.6 Å². The quantitative estimate of drug-likeness (QED) is 0.855. The first-order chi connectivity index (χ1) is 7.13. The lowest BCUT2D eigenvalue weighted by Gasteiger charge is -2.25. The van der Waals surface area contributed by atoms with E-state index in [2.05, 4.69) is 21.2 Å². The maximum Gasteiger partial charge on any atom is 0.265 e. The van der Waals surface area contributed by atoms with Crippen LogP contribution in [0.2, 0.25) is 0 Å². The first-order valence-electron chi connectivity index (χ1n) is 4.59. The average molecular weight is 274 g/mol. The molecule has 0 fully saturated rings. The van der Waals surface area contributed by atoms with Crippen LogP contribution in [0.1, 0.15) is 13.3 Å². The monoisotopic (exact) mass is 273 g/mol. The van der Waals surface area contributed by atoms with Crippen molar-refractivity contribution in [3.05, 3.63) is 22.4 Å². The van der Waals surface area contributed by atoms with Crippen LogP contribution in [-0.4, -0.2) is 12.0 Å². The summed E-state index contributed by atoms with van der Waals surface area (Å²) in [4.78, 5) is 11.4. The summed E-state index contributed by atoms with van der Waals surface area (Å²) in [5, 5.41) is 2.50. The van der Waals surface area contributed by atoms with Gasteiger partial charge in [0, 0.05) is 0 Å². The molecule has 1 aliphatic heterocycles. The van der Waals surface area contributed by atoms with Gasteiger partial charge in [0.2, 0.25) is 0 Å². The third-order valence-electron chi connectivity index (χ3n) is 2.24. The number of rotatable bonds is 1. The first-order valence-corrected chi connectivity index (χ1v) is 5.38. The van der Waals surface area contributed by atoms with Crippen molar-refractivity contribution >= 4 is 27.5 Å². The zero-order chi connectivity index (χ0) is 11.0. The molecule has 15 heavy (non-hydrogen) atoms. The molecule has 0 bridgehead atoms. The number of nitrogens with one attached hydrogen (secondary N) is 1. The summed E-state index contributed by atoms with van der Waals surface area (Å²) in [7, 11) is 0. The van der Waals surface area contributed by atoms with E-state index in [-0.39, 0.29) is 11.6 Å². The lowest BCUT2D eigenvalue weighted by molar-refractivity contribution is -0.123. The summed E-state index contributed by atoms with van der Waals surface area (Å²) < 4.78 is 19.2. The predicted octanol–water partition coefficient (Wildman–Crippen LogP) is 2.70. The van der Waals surface area contributed by atoms with Crippen molar-refractivity contribution < 1.29 is 13.9 Å². The maximum absolute atomic E-state index is 13.5. The highest BCUT2D eigenvalue weighted by Crippen LogP contribution is 2.36. The van der Waals surface area contributed by atoms with Crippen LogP contribution in [0, 0.1) is 5.82 Å². The Hall–Kier alpha value is -1.10. The molecule has 1 aliphatic rings. The van der Waals surface area contributed by atoms with E-state index < -0.39 is 11.9 Å². The van der Waals surface area contributed by atoms with Gasteiger partial charge >= 0.3 is 0 Å². The van der Waals surface area contributed by atoms with Gasteiger partial charge in [-0.15, -0.1) is 0 Å². The largest absolute Gasteiger partial charge is 0.478 e. The molecule has 0 aromatic heterocycles. The molecule has 1 heterocycles. The van der Waals surface area contributed by atoms with Gasteiger partial charge in [-0.2, -0.15) is 0 Å². The number of anilines is 1. The molecule has 0 saturated heterocycles. The minimum atomic E-state index is -0.530. The SMILES string of the molecule is CCC1Oc2ccc(Br)c(F)c2NC1=O. The molecule has 5 heteroatoms. The zero-order valence-electron chi connectivity index (χ0n) is 8.01.